The third-order valence-electron chi connectivity index (χ3n) is 6.26. The summed E-state index contributed by atoms with van der Waals surface area (Å²) in [6.45, 7) is 7.60. The first-order chi connectivity index (χ1) is 13.9. The molecule has 0 bridgehead atoms. The molecule has 1 unspecified atom stereocenters. The van der Waals surface area contributed by atoms with Crippen LogP contribution in [0, 0.1) is 0 Å². The number of likely N-dealkylation sites (tertiary alicyclic amines) is 1. The molecule has 0 spiro atoms. The molecule has 1 saturated carbocycles. The zero-order valence-corrected chi connectivity index (χ0v) is 17.1. The van der Waals surface area contributed by atoms with E-state index in [9.17, 15) is 14.7 Å². The van der Waals surface area contributed by atoms with Crippen molar-refractivity contribution in [2.45, 2.75) is 30.8 Å². The van der Waals surface area contributed by atoms with Crippen LogP contribution in [0.15, 0.2) is 24.8 Å². The number of rotatable bonds is 5. The van der Waals surface area contributed by atoms with Gasteiger partial charge in [0, 0.05) is 55.9 Å². The van der Waals surface area contributed by atoms with E-state index < -0.39 is 6.04 Å². The molecule has 8 heteroatoms. The van der Waals surface area contributed by atoms with Crippen molar-refractivity contribution in [2.75, 3.05) is 39.3 Å². The number of nitrogens with two attached hydrogens (primary N) is 1. The number of hydrogen-bond acceptors (Lipinski definition) is 5. The molecule has 29 heavy (non-hydrogen) atoms. The Bertz CT molecular complexity index is 827. The monoisotopic (exact) mass is 418 g/mol. The number of piperazine rings is 1. The molecule has 4 rings (SSSR count). The number of hydrogen-bond donors (Lipinski definition) is 2. The van der Waals surface area contributed by atoms with Crippen molar-refractivity contribution >= 4 is 23.4 Å². The van der Waals surface area contributed by atoms with Crippen LogP contribution in [0.3, 0.4) is 0 Å². The average molecular weight is 419 g/mol. The Balaban J connectivity index is 1.35. The topological polar surface area (TPSA) is 90.1 Å². The molecule has 2 saturated heterocycles. The SMILES string of the molecule is C=CC(=O)N1CC(N2CCN(C(=O)C(N)c3cc(C4CC4)c(Cl)cc3O)CC2)C1. The zero-order chi connectivity index (χ0) is 20.7. The second-order valence-corrected chi connectivity index (χ2v) is 8.55. The van der Waals surface area contributed by atoms with Gasteiger partial charge >= 0.3 is 0 Å². The summed E-state index contributed by atoms with van der Waals surface area (Å²) in [5.41, 5.74) is 7.66. The van der Waals surface area contributed by atoms with Gasteiger partial charge in [0.25, 0.3) is 0 Å². The van der Waals surface area contributed by atoms with Gasteiger partial charge in [-0.1, -0.05) is 18.2 Å². The lowest BCUT2D eigenvalue weighted by Crippen LogP contribution is -2.64. The summed E-state index contributed by atoms with van der Waals surface area (Å²) in [7, 11) is 0. The lowest BCUT2D eigenvalue weighted by atomic mass is 9.99. The van der Waals surface area contributed by atoms with Crippen LogP contribution in [0.5, 0.6) is 5.75 Å². The molecular formula is C21H27ClN4O3. The van der Waals surface area contributed by atoms with Crippen molar-refractivity contribution in [3.63, 3.8) is 0 Å². The van der Waals surface area contributed by atoms with E-state index in [0.717, 1.165) is 31.5 Å². The summed E-state index contributed by atoms with van der Waals surface area (Å²) in [4.78, 5) is 30.4. The number of benzene rings is 1. The van der Waals surface area contributed by atoms with E-state index in [1.807, 2.05) is 0 Å². The Morgan fingerprint density at radius 3 is 2.41 bits per heavy atom. The number of halogens is 1. The number of phenols is 1. The maximum absolute atomic E-state index is 12.9. The molecule has 7 nitrogen and oxygen atoms in total. The lowest BCUT2D eigenvalue weighted by Gasteiger charge is -2.48. The highest BCUT2D eigenvalue weighted by atomic mass is 35.5. The summed E-state index contributed by atoms with van der Waals surface area (Å²) in [6, 6.07) is 2.74. The number of nitrogens with zero attached hydrogens (tertiary/aromatic N) is 3. The van der Waals surface area contributed by atoms with Crippen LogP contribution >= 0.6 is 11.6 Å². The van der Waals surface area contributed by atoms with E-state index in [1.165, 1.54) is 12.1 Å². The molecule has 2 heterocycles. The molecule has 1 aliphatic carbocycles. The second-order valence-electron chi connectivity index (χ2n) is 8.15. The normalized spacial score (nSPS) is 21.6. The van der Waals surface area contributed by atoms with E-state index in [4.69, 9.17) is 17.3 Å². The third kappa shape index (κ3) is 3.99. The molecule has 0 aromatic heterocycles. The van der Waals surface area contributed by atoms with Gasteiger partial charge in [-0.2, -0.15) is 0 Å². The second kappa shape index (κ2) is 7.97. The van der Waals surface area contributed by atoms with Gasteiger partial charge in [0.2, 0.25) is 11.8 Å². The van der Waals surface area contributed by atoms with Crippen LogP contribution in [-0.2, 0) is 9.59 Å². The van der Waals surface area contributed by atoms with Crippen LogP contribution in [0.1, 0.15) is 35.9 Å². The van der Waals surface area contributed by atoms with Crippen molar-refractivity contribution in [1.82, 2.24) is 14.7 Å². The van der Waals surface area contributed by atoms with Gasteiger partial charge in [-0.3, -0.25) is 14.5 Å². The molecular weight excluding hydrogens is 392 g/mol. The first-order valence-corrected chi connectivity index (χ1v) is 10.5. The van der Waals surface area contributed by atoms with Crippen LogP contribution in [-0.4, -0.2) is 76.9 Å². The van der Waals surface area contributed by atoms with Gasteiger partial charge in [-0.25, -0.2) is 0 Å². The minimum atomic E-state index is -0.902. The molecule has 1 aromatic carbocycles. The number of amides is 2. The molecule has 0 radical (unpaired) electrons. The van der Waals surface area contributed by atoms with Gasteiger partial charge in [0.15, 0.2) is 0 Å². The Morgan fingerprint density at radius 2 is 1.83 bits per heavy atom. The van der Waals surface area contributed by atoms with Crippen LogP contribution < -0.4 is 5.73 Å². The van der Waals surface area contributed by atoms with E-state index in [2.05, 4.69) is 11.5 Å². The summed E-state index contributed by atoms with van der Waals surface area (Å²) in [5.74, 6) is 0.165. The Morgan fingerprint density at radius 1 is 1.17 bits per heavy atom. The summed E-state index contributed by atoms with van der Waals surface area (Å²) in [5, 5.41) is 10.8. The molecule has 2 aliphatic heterocycles. The number of aromatic hydroxyl groups is 1. The highest BCUT2D eigenvalue weighted by Crippen LogP contribution is 2.45. The van der Waals surface area contributed by atoms with E-state index in [1.54, 1.807) is 15.9 Å². The van der Waals surface area contributed by atoms with Crippen molar-refractivity contribution in [2.24, 2.45) is 5.73 Å². The minimum absolute atomic E-state index is 0.0275. The molecule has 156 valence electrons. The number of phenolic OH excluding ortho intramolecular Hbond substituents is 1. The highest BCUT2D eigenvalue weighted by molar-refractivity contribution is 6.31. The quantitative estimate of drug-likeness (QED) is 0.706. The van der Waals surface area contributed by atoms with E-state index in [0.29, 0.717) is 48.7 Å². The van der Waals surface area contributed by atoms with E-state index >= 15 is 0 Å². The molecule has 3 fully saturated rings. The van der Waals surface area contributed by atoms with Crippen molar-refractivity contribution in [1.29, 1.82) is 0 Å². The molecule has 3 aliphatic rings. The lowest BCUT2D eigenvalue weighted by molar-refractivity contribution is -0.137. The Labute approximate surface area is 175 Å². The average Bonchev–Trinajstić information content (AvgIpc) is 3.51. The largest absolute Gasteiger partial charge is 0.508 e. The molecule has 3 N–H and O–H groups in total. The number of carbonyl (C=O) groups excluding carboxylic acids is 2. The van der Waals surface area contributed by atoms with Crippen LogP contribution in [0.4, 0.5) is 0 Å². The Kier molecular flexibility index (Phi) is 5.55. The summed E-state index contributed by atoms with van der Waals surface area (Å²) in [6.07, 6.45) is 3.49. The van der Waals surface area contributed by atoms with Gasteiger partial charge in [0.1, 0.15) is 11.8 Å². The maximum Gasteiger partial charge on any atom is 0.246 e. The first kappa shape index (κ1) is 20.2. The summed E-state index contributed by atoms with van der Waals surface area (Å²) < 4.78 is 0. The van der Waals surface area contributed by atoms with Crippen molar-refractivity contribution in [3.05, 3.63) is 40.9 Å². The van der Waals surface area contributed by atoms with Gasteiger partial charge in [-0.05, 0) is 42.5 Å². The first-order valence-electron chi connectivity index (χ1n) is 10.1. The minimum Gasteiger partial charge on any atom is -0.508 e. The Hall–Kier alpha value is -2.09. The van der Waals surface area contributed by atoms with Gasteiger partial charge in [0.05, 0.1) is 0 Å². The van der Waals surface area contributed by atoms with E-state index in [-0.39, 0.29) is 17.6 Å². The smallest absolute Gasteiger partial charge is 0.246 e. The fraction of sp³-hybridized carbons (Fsp3) is 0.524. The van der Waals surface area contributed by atoms with Crippen molar-refractivity contribution < 1.29 is 14.7 Å². The highest BCUT2D eigenvalue weighted by Gasteiger charge is 2.37. The standard InChI is InChI=1S/C21H27ClN4O3/c1-2-19(28)26-11-14(12-26)24-5-7-25(8-6-24)21(29)20(23)16-9-15(13-3-4-13)17(22)10-18(16)27/h2,9-10,13-14,20,27H,1,3-8,11-12,23H2. The molecule has 1 aromatic rings. The predicted molar refractivity (Wildman–Crippen MR) is 111 cm³/mol. The summed E-state index contributed by atoms with van der Waals surface area (Å²) >= 11 is 6.24. The van der Waals surface area contributed by atoms with Crippen molar-refractivity contribution in [3.8, 4) is 5.75 Å². The maximum atomic E-state index is 12.9. The van der Waals surface area contributed by atoms with Gasteiger partial charge < -0.3 is 20.6 Å². The van der Waals surface area contributed by atoms with Gasteiger partial charge in [-0.15, -0.1) is 0 Å². The third-order valence-corrected chi connectivity index (χ3v) is 6.58. The fourth-order valence-electron chi connectivity index (χ4n) is 4.19. The molecule has 1 atom stereocenters. The zero-order valence-electron chi connectivity index (χ0n) is 16.4. The van der Waals surface area contributed by atoms with Crippen LogP contribution in [0.25, 0.3) is 0 Å². The fourth-order valence-corrected chi connectivity index (χ4v) is 4.50. The van der Waals surface area contributed by atoms with Crippen LogP contribution in [0.2, 0.25) is 5.02 Å². The number of carbonyl (C=O) groups is 2. The molecule has 2 amide bonds. The predicted octanol–water partition coefficient (Wildman–Crippen LogP) is 1.46.